The van der Waals surface area contributed by atoms with Gasteiger partial charge in [0.25, 0.3) is 5.91 Å². The van der Waals surface area contributed by atoms with Crippen LogP contribution in [0.25, 0.3) is 0 Å². The van der Waals surface area contributed by atoms with E-state index in [4.69, 9.17) is 11.6 Å². The van der Waals surface area contributed by atoms with Crippen LogP contribution in [0.15, 0.2) is 18.6 Å². The molecule has 0 unspecified atom stereocenters. The Kier molecular flexibility index (Phi) is 5.29. The van der Waals surface area contributed by atoms with Crippen molar-refractivity contribution in [2.24, 2.45) is 0 Å². The summed E-state index contributed by atoms with van der Waals surface area (Å²) in [7, 11) is 0. The fourth-order valence-electron chi connectivity index (χ4n) is 2.18. The Morgan fingerprint density at radius 1 is 1.35 bits per heavy atom. The number of hydrogen-bond acceptors (Lipinski definition) is 4. The molecule has 2 heterocycles. The van der Waals surface area contributed by atoms with Crippen LogP contribution < -0.4 is 5.32 Å². The highest BCUT2D eigenvalue weighted by Gasteiger charge is 2.25. The van der Waals surface area contributed by atoms with Crippen LogP contribution in [0.4, 0.5) is 0 Å². The molecular weight excluding hydrogens is 280 g/mol. The Morgan fingerprint density at radius 3 is 2.70 bits per heavy atom. The first-order valence-electron chi connectivity index (χ1n) is 6.61. The number of carbonyl (C=O) groups is 2. The number of carbonyl (C=O) groups excluding carboxylic acids is 2. The molecule has 108 valence electrons. The van der Waals surface area contributed by atoms with Crippen molar-refractivity contribution in [2.75, 3.05) is 19.0 Å². The zero-order valence-corrected chi connectivity index (χ0v) is 11.8. The van der Waals surface area contributed by atoms with E-state index in [9.17, 15) is 9.59 Å². The summed E-state index contributed by atoms with van der Waals surface area (Å²) in [6, 6.07) is 0.122. The van der Waals surface area contributed by atoms with Gasteiger partial charge in [0.1, 0.15) is 5.69 Å². The molecule has 2 rings (SSSR count). The minimum Gasteiger partial charge on any atom is -0.353 e. The van der Waals surface area contributed by atoms with E-state index in [1.54, 1.807) is 4.90 Å². The van der Waals surface area contributed by atoms with Crippen LogP contribution >= 0.6 is 11.6 Å². The first-order chi connectivity index (χ1) is 9.70. The van der Waals surface area contributed by atoms with E-state index in [0.29, 0.717) is 31.1 Å². The summed E-state index contributed by atoms with van der Waals surface area (Å²) in [6.45, 7) is 1.22. The summed E-state index contributed by atoms with van der Waals surface area (Å²) < 4.78 is 0. The fraction of sp³-hybridized carbons (Fsp3) is 0.538. The quantitative estimate of drug-likeness (QED) is 0.835. The molecule has 20 heavy (non-hydrogen) atoms. The van der Waals surface area contributed by atoms with Gasteiger partial charge in [0.2, 0.25) is 5.91 Å². The molecule has 7 heteroatoms. The van der Waals surface area contributed by atoms with Crippen LogP contribution in [0, 0.1) is 0 Å². The number of alkyl halides is 1. The number of nitrogens with one attached hydrogen (secondary N) is 1. The average Bonchev–Trinajstić information content (AvgIpc) is 2.48. The van der Waals surface area contributed by atoms with E-state index >= 15 is 0 Å². The molecule has 0 spiro atoms. The van der Waals surface area contributed by atoms with Gasteiger partial charge in [-0.2, -0.15) is 0 Å². The molecule has 1 aliphatic heterocycles. The second kappa shape index (κ2) is 7.19. The summed E-state index contributed by atoms with van der Waals surface area (Å²) in [4.78, 5) is 33.3. The standard InChI is InChI=1S/C13H17ClN4O2/c14-4-1-12(19)17-10-2-7-18(8-3-10)13(20)11-9-15-5-6-16-11/h5-6,9-10H,1-4,7-8H2,(H,17,19). The Hall–Kier alpha value is -1.69. The highest BCUT2D eigenvalue weighted by molar-refractivity contribution is 6.18. The third-order valence-electron chi connectivity index (χ3n) is 3.25. The molecule has 1 aromatic rings. The van der Waals surface area contributed by atoms with Crippen LogP contribution in [0.1, 0.15) is 29.8 Å². The van der Waals surface area contributed by atoms with Gasteiger partial charge in [0, 0.05) is 43.8 Å². The van der Waals surface area contributed by atoms with Crippen LogP contribution in [-0.2, 0) is 4.79 Å². The van der Waals surface area contributed by atoms with Crippen molar-refractivity contribution in [3.8, 4) is 0 Å². The van der Waals surface area contributed by atoms with Gasteiger partial charge in [0.05, 0.1) is 6.20 Å². The van der Waals surface area contributed by atoms with Crippen molar-refractivity contribution in [2.45, 2.75) is 25.3 Å². The molecule has 0 aromatic carbocycles. The smallest absolute Gasteiger partial charge is 0.274 e. The average molecular weight is 297 g/mol. The van der Waals surface area contributed by atoms with Crippen molar-refractivity contribution in [1.29, 1.82) is 0 Å². The van der Waals surface area contributed by atoms with Gasteiger partial charge in [-0.05, 0) is 12.8 Å². The fourth-order valence-corrected chi connectivity index (χ4v) is 2.36. The number of amides is 2. The maximum atomic E-state index is 12.1. The number of aromatic nitrogens is 2. The second-order valence-corrected chi connectivity index (χ2v) is 5.04. The molecule has 0 atom stereocenters. The van der Waals surface area contributed by atoms with Crippen molar-refractivity contribution in [1.82, 2.24) is 20.2 Å². The van der Waals surface area contributed by atoms with Gasteiger partial charge in [0.15, 0.2) is 0 Å². The number of hydrogen-bond donors (Lipinski definition) is 1. The Balaban J connectivity index is 1.82. The van der Waals surface area contributed by atoms with Gasteiger partial charge in [-0.25, -0.2) is 4.98 Å². The molecule has 1 aliphatic rings. The van der Waals surface area contributed by atoms with Crippen molar-refractivity contribution >= 4 is 23.4 Å². The van der Waals surface area contributed by atoms with E-state index in [1.165, 1.54) is 18.6 Å². The van der Waals surface area contributed by atoms with Gasteiger partial charge in [-0.15, -0.1) is 11.6 Å². The third kappa shape index (κ3) is 3.90. The molecule has 0 radical (unpaired) electrons. The van der Waals surface area contributed by atoms with Crippen molar-refractivity contribution in [3.05, 3.63) is 24.3 Å². The Labute approximate surface area is 122 Å². The normalized spacial score (nSPS) is 15.9. The number of likely N-dealkylation sites (tertiary alicyclic amines) is 1. The van der Waals surface area contributed by atoms with Crippen molar-refractivity contribution < 1.29 is 9.59 Å². The highest BCUT2D eigenvalue weighted by Crippen LogP contribution is 2.13. The van der Waals surface area contributed by atoms with Gasteiger partial charge >= 0.3 is 0 Å². The van der Waals surface area contributed by atoms with E-state index in [-0.39, 0.29) is 17.9 Å². The maximum Gasteiger partial charge on any atom is 0.274 e. The lowest BCUT2D eigenvalue weighted by Crippen LogP contribution is -2.46. The monoisotopic (exact) mass is 296 g/mol. The van der Waals surface area contributed by atoms with E-state index in [1.807, 2.05) is 0 Å². The third-order valence-corrected chi connectivity index (χ3v) is 3.44. The first kappa shape index (κ1) is 14.7. The number of piperidine rings is 1. The summed E-state index contributed by atoms with van der Waals surface area (Å²) in [5.41, 5.74) is 0.358. The SMILES string of the molecule is O=C(CCCl)NC1CCN(C(=O)c2cnccn2)CC1. The van der Waals surface area contributed by atoms with Crippen LogP contribution in [0.2, 0.25) is 0 Å². The molecular formula is C13H17ClN4O2. The lowest BCUT2D eigenvalue weighted by molar-refractivity contribution is -0.121. The predicted molar refractivity (Wildman–Crippen MR) is 74.4 cm³/mol. The Morgan fingerprint density at radius 2 is 2.10 bits per heavy atom. The molecule has 6 nitrogen and oxygen atoms in total. The molecule has 1 saturated heterocycles. The molecule has 1 fully saturated rings. The number of rotatable bonds is 4. The van der Waals surface area contributed by atoms with Crippen LogP contribution in [0.3, 0.4) is 0 Å². The lowest BCUT2D eigenvalue weighted by atomic mass is 10.0. The summed E-state index contributed by atoms with van der Waals surface area (Å²) in [6.07, 6.45) is 6.35. The number of nitrogens with zero attached hydrogens (tertiary/aromatic N) is 3. The minimum atomic E-state index is -0.108. The molecule has 1 N–H and O–H groups in total. The zero-order valence-electron chi connectivity index (χ0n) is 11.1. The molecule has 1 aromatic heterocycles. The summed E-state index contributed by atoms with van der Waals surface area (Å²) >= 11 is 5.52. The molecule has 0 saturated carbocycles. The van der Waals surface area contributed by atoms with Crippen LogP contribution in [0.5, 0.6) is 0 Å². The highest BCUT2D eigenvalue weighted by atomic mass is 35.5. The first-order valence-corrected chi connectivity index (χ1v) is 7.15. The van der Waals surface area contributed by atoms with Gasteiger partial charge in [-0.3, -0.25) is 14.6 Å². The molecule has 2 amide bonds. The molecule has 0 aliphatic carbocycles. The van der Waals surface area contributed by atoms with E-state index in [2.05, 4.69) is 15.3 Å². The van der Waals surface area contributed by atoms with Gasteiger partial charge in [-0.1, -0.05) is 0 Å². The van der Waals surface area contributed by atoms with E-state index in [0.717, 1.165) is 12.8 Å². The van der Waals surface area contributed by atoms with E-state index < -0.39 is 0 Å². The predicted octanol–water partition coefficient (Wildman–Crippen LogP) is 0.826. The largest absolute Gasteiger partial charge is 0.353 e. The maximum absolute atomic E-state index is 12.1. The number of halogens is 1. The zero-order chi connectivity index (χ0) is 14.4. The minimum absolute atomic E-state index is 0.0290. The lowest BCUT2D eigenvalue weighted by Gasteiger charge is -2.32. The van der Waals surface area contributed by atoms with Crippen molar-refractivity contribution in [3.63, 3.8) is 0 Å². The second-order valence-electron chi connectivity index (χ2n) is 4.66. The Bertz CT molecular complexity index is 461. The summed E-state index contributed by atoms with van der Waals surface area (Å²) in [5, 5.41) is 2.93. The van der Waals surface area contributed by atoms with Gasteiger partial charge < -0.3 is 10.2 Å². The van der Waals surface area contributed by atoms with Crippen LogP contribution in [-0.4, -0.2) is 51.7 Å². The summed E-state index contributed by atoms with van der Waals surface area (Å²) in [5.74, 6) is 0.192. The molecule has 0 bridgehead atoms. The topological polar surface area (TPSA) is 75.2 Å².